The van der Waals surface area contributed by atoms with Crippen molar-refractivity contribution in [2.24, 2.45) is 11.3 Å². The van der Waals surface area contributed by atoms with E-state index in [4.69, 9.17) is 0 Å². The van der Waals surface area contributed by atoms with Crippen molar-refractivity contribution in [2.75, 3.05) is 13.1 Å². The smallest absolute Gasteiger partial charge is 0.123 e. The second kappa shape index (κ2) is 5.40. The van der Waals surface area contributed by atoms with Crippen LogP contribution in [0.5, 0.6) is 0 Å². The number of halogens is 1. The number of rotatable bonds is 6. The summed E-state index contributed by atoms with van der Waals surface area (Å²) < 4.78 is 13.3. The molecule has 0 bridgehead atoms. The van der Waals surface area contributed by atoms with Crippen LogP contribution in [0.25, 0.3) is 0 Å². The molecule has 1 fully saturated rings. The molecule has 0 amide bonds. The topological polar surface area (TPSA) is 12.0 Å². The molecule has 2 heteroatoms. The molecule has 1 aromatic carbocycles. The van der Waals surface area contributed by atoms with Crippen LogP contribution in [0.2, 0.25) is 0 Å². The van der Waals surface area contributed by atoms with E-state index in [9.17, 15) is 4.39 Å². The number of aryl methyl sites for hydroxylation is 1. The van der Waals surface area contributed by atoms with E-state index in [0.29, 0.717) is 11.3 Å². The van der Waals surface area contributed by atoms with E-state index in [1.54, 1.807) is 12.1 Å². The minimum absolute atomic E-state index is 0.110. The van der Waals surface area contributed by atoms with Gasteiger partial charge in [0.05, 0.1) is 0 Å². The summed E-state index contributed by atoms with van der Waals surface area (Å²) in [6, 6.07) is 5.15. The van der Waals surface area contributed by atoms with Crippen molar-refractivity contribution < 1.29 is 4.39 Å². The molecule has 18 heavy (non-hydrogen) atoms. The first-order valence-electron chi connectivity index (χ1n) is 6.96. The lowest BCUT2D eigenvalue weighted by Crippen LogP contribution is -2.28. The Morgan fingerprint density at radius 2 is 2.06 bits per heavy atom. The third-order valence-corrected chi connectivity index (χ3v) is 3.89. The second-order valence-electron chi connectivity index (χ2n) is 6.27. The average molecular weight is 249 g/mol. The number of hydrogen-bond donors (Lipinski definition) is 1. The maximum absolute atomic E-state index is 13.3. The van der Waals surface area contributed by atoms with Gasteiger partial charge in [-0.05, 0) is 67.3 Å². The fourth-order valence-electron chi connectivity index (χ4n) is 2.45. The summed E-state index contributed by atoms with van der Waals surface area (Å²) in [6.45, 7) is 8.67. The summed E-state index contributed by atoms with van der Waals surface area (Å²) >= 11 is 0. The molecule has 0 aliphatic heterocycles. The Bertz CT molecular complexity index is 408. The molecule has 0 saturated heterocycles. The maximum Gasteiger partial charge on any atom is 0.123 e. The van der Waals surface area contributed by atoms with Crippen molar-refractivity contribution in [1.29, 1.82) is 0 Å². The molecule has 1 nitrogen and oxygen atoms in total. The molecular weight excluding hydrogens is 225 g/mol. The number of hydrogen-bond acceptors (Lipinski definition) is 1. The molecule has 2 rings (SSSR count). The van der Waals surface area contributed by atoms with Crippen molar-refractivity contribution in [3.63, 3.8) is 0 Å². The van der Waals surface area contributed by atoms with Crippen LogP contribution in [0.3, 0.4) is 0 Å². The molecule has 1 N–H and O–H groups in total. The minimum atomic E-state index is -0.110. The first-order valence-corrected chi connectivity index (χ1v) is 6.96. The predicted molar refractivity (Wildman–Crippen MR) is 74.2 cm³/mol. The molecular formula is C16H24FN. The Kier molecular flexibility index (Phi) is 4.06. The largest absolute Gasteiger partial charge is 0.316 e. The van der Waals surface area contributed by atoms with Gasteiger partial charge in [-0.3, -0.25) is 0 Å². The zero-order valence-electron chi connectivity index (χ0n) is 11.7. The summed E-state index contributed by atoms with van der Waals surface area (Å²) in [6.07, 6.45) is 3.56. The van der Waals surface area contributed by atoms with E-state index >= 15 is 0 Å². The third-order valence-electron chi connectivity index (χ3n) is 3.89. The van der Waals surface area contributed by atoms with Crippen molar-refractivity contribution in [3.8, 4) is 0 Å². The van der Waals surface area contributed by atoms with Gasteiger partial charge in [0, 0.05) is 6.54 Å². The Morgan fingerprint density at radius 1 is 1.33 bits per heavy atom. The van der Waals surface area contributed by atoms with E-state index in [2.05, 4.69) is 26.1 Å². The monoisotopic (exact) mass is 249 g/mol. The van der Waals surface area contributed by atoms with Gasteiger partial charge in [0.2, 0.25) is 0 Å². The highest BCUT2D eigenvalue weighted by molar-refractivity contribution is 5.28. The summed E-state index contributed by atoms with van der Waals surface area (Å²) in [7, 11) is 0. The van der Waals surface area contributed by atoms with Gasteiger partial charge in [-0.15, -0.1) is 0 Å². The fourth-order valence-corrected chi connectivity index (χ4v) is 2.45. The van der Waals surface area contributed by atoms with Gasteiger partial charge in [0.15, 0.2) is 0 Å². The highest BCUT2D eigenvalue weighted by Crippen LogP contribution is 2.48. The zero-order valence-corrected chi connectivity index (χ0v) is 11.7. The molecule has 1 aliphatic carbocycles. The molecule has 0 aromatic heterocycles. The van der Waals surface area contributed by atoms with Gasteiger partial charge in [0.25, 0.3) is 0 Å². The van der Waals surface area contributed by atoms with Gasteiger partial charge in [-0.2, -0.15) is 0 Å². The Balaban J connectivity index is 1.94. The average Bonchev–Trinajstić information content (AvgIpc) is 3.03. The van der Waals surface area contributed by atoms with E-state index in [1.807, 2.05) is 6.07 Å². The fraction of sp³-hybridized carbons (Fsp3) is 0.625. The maximum atomic E-state index is 13.3. The van der Waals surface area contributed by atoms with Crippen LogP contribution in [-0.4, -0.2) is 13.1 Å². The van der Waals surface area contributed by atoms with Crippen LogP contribution in [0.15, 0.2) is 18.2 Å². The van der Waals surface area contributed by atoms with Crippen molar-refractivity contribution >= 4 is 0 Å². The van der Waals surface area contributed by atoms with E-state index in [0.717, 1.165) is 19.5 Å². The molecule has 1 saturated carbocycles. The molecule has 0 heterocycles. The molecule has 100 valence electrons. The SMILES string of the molecule is Cc1ccc(F)cc1CC1(CNCC(C)C)CC1. The highest BCUT2D eigenvalue weighted by atomic mass is 19.1. The van der Waals surface area contributed by atoms with Crippen molar-refractivity contribution in [2.45, 2.75) is 40.0 Å². The molecule has 0 unspecified atom stereocenters. The Hall–Kier alpha value is -0.890. The summed E-state index contributed by atoms with van der Waals surface area (Å²) in [5, 5.41) is 3.55. The van der Waals surface area contributed by atoms with Crippen LogP contribution >= 0.6 is 0 Å². The first kappa shape index (κ1) is 13.5. The lowest BCUT2D eigenvalue weighted by molar-refractivity contribution is 0.430. The number of benzene rings is 1. The lowest BCUT2D eigenvalue weighted by Gasteiger charge is -2.18. The van der Waals surface area contributed by atoms with E-state index in [-0.39, 0.29) is 5.82 Å². The van der Waals surface area contributed by atoms with Crippen molar-refractivity contribution in [3.05, 3.63) is 35.1 Å². The summed E-state index contributed by atoms with van der Waals surface area (Å²) in [5.74, 6) is 0.582. The standard InChI is InChI=1S/C16H24FN/c1-12(2)10-18-11-16(6-7-16)9-14-8-15(17)5-4-13(14)3/h4-5,8,12,18H,6-7,9-11H2,1-3H3. The number of nitrogens with one attached hydrogen (secondary N) is 1. The second-order valence-corrected chi connectivity index (χ2v) is 6.27. The molecule has 1 aromatic rings. The van der Waals surface area contributed by atoms with Gasteiger partial charge < -0.3 is 5.32 Å². The van der Waals surface area contributed by atoms with Crippen LogP contribution in [0, 0.1) is 24.1 Å². The van der Waals surface area contributed by atoms with Crippen LogP contribution in [0.1, 0.15) is 37.8 Å². The van der Waals surface area contributed by atoms with E-state index in [1.165, 1.54) is 24.0 Å². The van der Waals surface area contributed by atoms with Gasteiger partial charge in [0.1, 0.15) is 5.82 Å². The highest BCUT2D eigenvalue weighted by Gasteiger charge is 2.42. The predicted octanol–water partition coefficient (Wildman–Crippen LogP) is 3.70. The van der Waals surface area contributed by atoms with Gasteiger partial charge in [-0.25, -0.2) is 4.39 Å². The molecule has 0 atom stereocenters. The van der Waals surface area contributed by atoms with Crippen LogP contribution < -0.4 is 5.32 Å². The Morgan fingerprint density at radius 3 is 2.67 bits per heavy atom. The van der Waals surface area contributed by atoms with Crippen LogP contribution in [-0.2, 0) is 6.42 Å². The summed E-state index contributed by atoms with van der Waals surface area (Å²) in [5.41, 5.74) is 2.79. The van der Waals surface area contributed by atoms with Gasteiger partial charge in [-0.1, -0.05) is 19.9 Å². The van der Waals surface area contributed by atoms with E-state index < -0.39 is 0 Å². The first-order chi connectivity index (χ1) is 8.51. The van der Waals surface area contributed by atoms with Crippen molar-refractivity contribution in [1.82, 2.24) is 5.32 Å². The molecule has 0 spiro atoms. The normalized spacial score (nSPS) is 17.2. The molecule has 1 aliphatic rings. The van der Waals surface area contributed by atoms with Crippen LogP contribution in [0.4, 0.5) is 4.39 Å². The summed E-state index contributed by atoms with van der Waals surface area (Å²) in [4.78, 5) is 0. The quantitative estimate of drug-likeness (QED) is 0.810. The zero-order chi connectivity index (χ0) is 13.2. The Labute approximate surface area is 110 Å². The molecule has 0 radical (unpaired) electrons. The van der Waals surface area contributed by atoms with Gasteiger partial charge >= 0.3 is 0 Å². The lowest BCUT2D eigenvalue weighted by atomic mass is 9.93. The minimum Gasteiger partial charge on any atom is -0.316 e. The third kappa shape index (κ3) is 3.55.